The van der Waals surface area contributed by atoms with E-state index in [9.17, 15) is 14.0 Å². The molecule has 34 heavy (non-hydrogen) atoms. The number of benzene rings is 2. The van der Waals surface area contributed by atoms with Crippen LogP contribution in [0.5, 0.6) is 5.75 Å². The highest BCUT2D eigenvalue weighted by molar-refractivity contribution is 7.99. The SMILES string of the molecule is CC[C@H](C(=O)NC1CCCCC1)N(Cc1ccc(OC)cc1)C(=O)CSCc1ccc(F)cc1. The number of amides is 2. The van der Waals surface area contributed by atoms with E-state index in [-0.39, 0.29) is 29.4 Å². The molecule has 1 fully saturated rings. The Labute approximate surface area is 206 Å². The Morgan fingerprint density at radius 1 is 1.06 bits per heavy atom. The zero-order chi connectivity index (χ0) is 24.3. The van der Waals surface area contributed by atoms with Crippen LogP contribution in [0.25, 0.3) is 0 Å². The number of carbonyl (C=O) groups excluding carboxylic acids is 2. The van der Waals surface area contributed by atoms with Gasteiger partial charge in [-0.1, -0.05) is 50.5 Å². The zero-order valence-electron chi connectivity index (χ0n) is 20.1. The van der Waals surface area contributed by atoms with Gasteiger partial charge in [-0.3, -0.25) is 9.59 Å². The third kappa shape index (κ3) is 7.76. The predicted octanol–water partition coefficient (Wildman–Crippen LogP) is 5.32. The maximum absolute atomic E-state index is 13.4. The standard InChI is InChI=1S/C27H35FN2O3S/c1-3-25(27(32)29-23-7-5-4-6-8-23)30(17-20-11-15-24(33-2)16-12-20)26(31)19-34-18-21-9-13-22(28)14-10-21/h9-16,23,25H,3-8,17-19H2,1-2H3,(H,29,32)/t25-/m1/s1. The summed E-state index contributed by atoms with van der Waals surface area (Å²) in [6.07, 6.45) is 6.04. The van der Waals surface area contributed by atoms with Crippen molar-refractivity contribution in [3.8, 4) is 5.75 Å². The van der Waals surface area contributed by atoms with Crippen molar-refractivity contribution in [3.63, 3.8) is 0 Å². The van der Waals surface area contributed by atoms with Gasteiger partial charge in [0.25, 0.3) is 0 Å². The smallest absolute Gasteiger partial charge is 0.243 e. The summed E-state index contributed by atoms with van der Waals surface area (Å²) in [4.78, 5) is 28.3. The van der Waals surface area contributed by atoms with Crippen LogP contribution < -0.4 is 10.1 Å². The second-order valence-electron chi connectivity index (χ2n) is 8.76. The number of ether oxygens (including phenoxy) is 1. The van der Waals surface area contributed by atoms with Crippen molar-refractivity contribution in [2.45, 2.75) is 69.8 Å². The van der Waals surface area contributed by atoms with Crippen LogP contribution in [0.15, 0.2) is 48.5 Å². The molecule has 1 atom stereocenters. The molecule has 0 spiro atoms. The molecule has 0 aliphatic heterocycles. The lowest BCUT2D eigenvalue weighted by atomic mass is 9.95. The first kappa shape index (κ1) is 26.1. The Morgan fingerprint density at radius 2 is 1.71 bits per heavy atom. The van der Waals surface area contributed by atoms with Gasteiger partial charge in [-0.15, -0.1) is 11.8 Å². The number of rotatable bonds is 11. The number of carbonyl (C=O) groups is 2. The van der Waals surface area contributed by atoms with E-state index >= 15 is 0 Å². The first-order chi connectivity index (χ1) is 16.5. The Hall–Kier alpha value is -2.54. The fourth-order valence-corrected chi connectivity index (χ4v) is 5.18. The highest BCUT2D eigenvalue weighted by Crippen LogP contribution is 2.21. The maximum atomic E-state index is 13.4. The fourth-order valence-electron chi connectivity index (χ4n) is 4.31. The Morgan fingerprint density at radius 3 is 2.32 bits per heavy atom. The molecule has 0 aromatic heterocycles. The molecule has 0 heterocycles. The van der Waals surface area contributed by atoms with E-state index < -0.39 is 6.04 Å². The molecule has 184 valence electrons. The lowest BCUT2D eigenvalue weighted by Gasteiger charge is -2.32. The molecule has 0 bridgehead atoms. The fraction of sp³-hybridized carbons (Fsp3) is 0.481. The summed E-state index contributed by atoms with van der Waals surface area (Å²) < 4.78 is 18.4. The topological polar surface area (TPSA) is 58.6 Å². The van der Waals surface area contributed by atoms with E-state index in [1.165, 1.54) is 30.3 Å². The van der Waals surface area contributed by atoms with Crippen LogP contribution in [-0.4, -0.2) is 41.7 Å². The summed E-state index contributed by atoms with van der Waals surface area (Å²) in [6.45, 7) is 2.31. The summed E-state index contributed by atoms with van der Waals surface area (Å²) in [6, 6.07) is 13.6. The monoisotopic (exact) mass is 486 g/mol. The summed E-state index contributed by atoms with van der Waals surface area (Å²) >= 11 is 1.48. The number of nitrogens with one attached hydrogen (secondary N) is 1. The summed E-state index contributed by atoms with van der Waals surface area (Å²) in [5.74, 6) is 1.19. The van der Waals surface area contributed by atoms with Gasteiger partial charge in [0.1, 0.15) is 17.6 Å². The van der Waals surface area contributed by atoms with Gasteiger partial charge < -0.3 is 15.0 Å². The van der Waals surface area contributed by atoms with Crippen LogP contribution in [0.3, 0.4) is 0 Å². The second kappa shape index (κ2) is 13.4. The van der Waals surface area contributed by atoms with Crippen molar-refractivity contribution in [1.29, 1.82) is 0 Å². The largest absolute Gasteiger partial charge is 0.497 e. The van der Waals surface area contributed by atoms with Crippen LogP contribution in [0.1, 0.15) is 56.6 Å². The van der Waals surface area contributed by atoms with E-state index in [0.717, 1.165) is 42.6 Å². The van der Waals surface area contributed by atoms with Crippen molar-refractivity contribution in [1.82, 2.24) is 10.2 Å². The van der Waals surface area contributed by atoms with Crippen molar-refractivity contribution >= 4 is 23.6 Å². The molecule has 2 aromatic carbocycles. The molecule has 3 rings (SSSR count). The molecule has 1 aliphatic rings. The summed E-state index contributed by atoms with van der Waals surface area (Å²) in [5.41, 5.74) is 1.91. The van der Waals surface area contributed by atoms with Crippen LogP contribution in [0, 0.1) is 5.82 Å². The average molecular weight is 487 g/mol. The van der Waals surface area contributed by atoms with Gasteiger partial charge in [0.15, 0.2) is 0 Å². The van der Waals surface area contributed by atoms with Gasteiger partial charge in [-0.25, -0.2) is 4.39 Å². The van der Waals surface area contributed by atoms with Crippen molar-refractivity contribution in [3.05, 3.63) is 65.5 Å². The normalized spacial score (nSPS) is 14.9. The van der Waals surface area contributed by atoms with Gasteiger partial charge in [0.2, 0.25) is 11.8 Å². The van der Waals surface area contributed by atoms with Gasteiger partial charge in [-0.2, -0.15) is 0 Å². The van der Waals surface area contributed by atoms with Gasteiger partial charge in [0, 0.05) is 18.3 Å². The number of hydrogen-bond acceptors (Lipinski definition) is 4. The molecular formula is C27H35FN2O3S. The molecule has 1 aliphatic carbocycles. The van der Waals surface area contributed by atoms with Crippen molar-refractivity contribution in [2.24, 2.45) is 0 Å². The molecule has 7 heteroatoms. The minimum atomic E-state index is -0.525. The van der Waals surface area contributed by atoms with Gasteiger partial charge in [0.05, 0.1) is 12.9 Å². The number of nitrogens with zero attached hydrogens (tertiary/aromatic N) is 1. The van der Waals surface area contributed by atoms with Crippen LogP contribution in [0.2, 0.25) is 0 Å². The van der Waals surface area contributed by atoms with Crippen molar-refractivity contribution < 1.29 is 18.7 Å². The van der Waals surface area contributed by atoms with Gasteiger partial charge in [-0.05, 0) is 54.7 Å². The minimum absolute atomic E-state index is 0.0696. The van der Waals surface area contributed by atoms with E-state index in [1.54, 1.807) is 24.1 Å². The lowest BCUT2D eigenvalue weighted by molar-refractivity contribution is -0.139. The molecular weight excluding hydrogens is 451 g/mol. The molecule has 0 unspecified atom stereocenters. The summed E-state index contributed by atoms with van der Waals surface area (Å²) in [5, 5.41) is 3.20. The molecule has 0 radical (unpaired) electrons. The Kier molecular flexibility index (Phi) is 10.3. The molecule has 5 nitrogen and oxygen atoms in total. The van der Waals surface area contributed by atoms with Crippen molar-refractivity contribution in [2.75, 3.05) is 12.9 Å². The highest BCUT2D eigenvalue weighted by atomic mass is 32.2. The summed E-state index contributed by atoms with van der Waals surface area (Å²) in [7, 11) is 1.62. The number of halogens is 1. The van der Waals surface area contributed by atoms with E-state index in [0.29, 0.717) is 18.7 Å². The average Bonchev–Trinajstić information content (AvgIpc) is 2.86. The van der Waals surface area contributed by atoms with E-state index in [4.69, 9.17) is 4.74 Å². The molecule has 1 saturated carbocycles. The Balaban J connectivity index is 1.69. The molecule has 2 aromatic rings. The highest BCUT2D eigenvalue weighted by Gasteiger charge is 2.30. The van der Waals surface area contributed by atoms with E-state index in [2.05, 4.69) is 5.32 Å². The lowest BCUT2D eigenvalue weighted by Crippen LogP contribution is -2.52. The molecule has 0 saturated heterocycles. The molecule has 2 amide bonds. The number of methoxy groups -OCH3 is 1. The van der Waals surface area contributed by atoms with Crippen LogP contribution in [-0.2, 0) is 21.9 Å². The third-order valence-electron chi connectivity index (χ3n) is 6.26. The predicted molar refractivity (Wildman–Crippen MR) is 135 cm³/mol. The second-order valence-corrected chi connectivity index (χ2v) is 9.74. The van der Waals surface area contributed by atoms with E-state index in [1.807, 2.05) is 31.2 Å². The number of hydrogen-bond donors (Lipinski definition) is 1. The minimum Gasteiger partial charge on any atom is -0.497 e. The van der Waals surface area contributed by atoms with Crippen LogP contribution in [0.4, 0.5) is 4.39 Å². The third-order valence-corrected chi connectivity index (χ3v) is 7.25. The van der Waals surface area contributed by atoms with Crippen LogP contribution >= 0.6 is 11.8 Å². The molecule has 1 N–H and O–H groups in total. The maximum Gasteiger partial charge on any atom is 0.243 e. The number of thioether (sulfide) groups is 1. The quantitative estimate of drug-likeness (QED) is 0.467. The Bertz CT molecular complexity index is 914. The van der Waals surface area contributed by atoms with Gasteiger partial charge >= 0.3 is 0 Å². The zero-order valence-corrected chi connectivity index (χ0v) is 20.9. The first-order valence-electron chi connectivity index (χ1n) is 12.0. The first-order valence-corrected chi connectivity index (χ1v) is 13.2.